The van der Waals surface area contributed by atoms with E-state index in [1.807, 2.05) is 6.92 Å². The second-order valence-corrected chi connectivity index (χ2v) is 6.77. The molecule has 7 nitrogen and oxygen atoms in total. The molecule has 2 N–H and O–H groups in total. The van der Waals surface area contributed by atoms with Crippen LogP contribution in [0.2, 0.25) is 0 Å². The van der Waals surface area contributed by atoms with Crippen molar-refractivity contribution in [2.75, 3.05) is 13.1 Å². The van der Waals surface area contributed by atoms with E-state index in [-0.39, 0.29) is 24.8 Å². The number of rotatable bonds is 5. The van der Waals surface area contributed by atoms with Crippen molar-refractivity contribution in [3.05, 3.63) is 0 Å². The number of nitrogens with one attached hydrogen (secondary N) is 1. The number of alkyl carbamates (subject to hydrolysis) is 1. The van der Waals surface area contributed by atoms with Crippen molar-refractivity contribution >= 4 is 18.0 Å². The van der Waals surface area contributed by atoms with Crippen molar-refractivity contribution in [3.8, 4) is 0 Å². The Morgan fingerprint density at radius 2 is 2.09 bits per heavy atom. The maximum absolute atomic E-state index is 12.1. The lowest BCUT2D eigenvalue weighted by Gasteiger charge is -2.33. The zero-order valence-electron chi connectivity index (χ0n) is 13.7. The number of hydrogen-bond donors (Lipinski definition) is 2. The van der Waals surface area contributed by atoms with Crippen LogP contribution in [0.25, 0.3) is 0 Å². The van der Waals surface area contributed by atoms with Gasteiger partial charge in [-0.25, -0.2) is 4.79 Å². The number of carbonyl (C=O) groups excluding carboxylic acids is 2. The van der Waals surface area contributed by atoms with Crippen LogP contribution in [0.3, 0.4) is 0 Å². The molecule has 0 bridgehead atoms. The van der Waals surface area contributed by atoms with Crippen molar-refractivity contribution in [3.63, 3.8) is 0 Å². The van der Waals surface area contributed by atoms with E-state index in [1.165, 1.54) is 0 Å². The summed E-state index contributed by atoms with van der Waals surface area (Å²) >= 11 is 0. The lowest BCUT2D eigenvalue weighted by Crippen LogP contribution is -2.50. The average molecular weight is 314 g/mol. The largest absolute Gasteiger partial charge is 0.481 e. The number of amides is 2. The number of piperidine rings is 1. The maximum atomic E-state index is 12.1. The minimum atomic E-state index is -1.03. The van der Waals surface area contributed by atoms with Gasteiger partial charge in [-0.05, 0) is 33.6 Å². The molecule has 2 atom stereocenters. The highest BCUT2D eigenvalue weighted by Gasteiger charge is 2.29. The first-order valence-corrected chi connectivity index (χ1v) is 7.58. The molecule has 1 fully saturated rings. The zero-order valence-corrected chi connectivity index (χ0v) is 13.7. The predicted octanol–water partition coefficient (Wildman–Crippen LogP) is 1.61. The van der Waals surface area contributed by atoms with E-state index in [1.54, 1.807) is 25.7 Å². The summed E-state index contributed by atoms with van der Waals surface area (Å²) < 4.78 is 5.14. The van der Waals surface area contributed by atoms with Gasteiger partial charge in [0, 0.05) is 19.0 Å². The third kappa shape index (κ3) is 6.32. The molecule has 0 radical (unpaired) electrons. The molecular weight excluding hydrogens is 288 g/mol. The fraction of sp³-hybridized carbons (Fsp3) is 0.800. The van der Waals surface area contributed by atoms with Crippen LogP contribution in [0, 0.1) is 5.92 Å². The molecule has 7 heteroatoms. The van der Waals surface area contributed by atoms with Crippen LogP contribution in [0.15, 0.2) is 0 Å². The Morgan fingerprint density at radius 1 is 1.45 bits per heavy atom. The summed E-state index contributed by atoms with van der Waals surface area (Å²) in [4.78, 5) is 36.5. The van der Waals surface area contributed by atoms with Crippen molar-refractivity contribution in [1.82, 2.24) is 10.2 Å². The van der Waals surface area contributed by atoms with E-state index in [4.69, 9.17) is 9.84 Å². The minimum Gasteiger partial charge on any atom is -0.481 e. The lowest BCUT2D eigenvalue weighted by molar-refractivity contribution is -0.141. The second-order valence-electron chi connectivity index (χ2n) is 6.77. The zero-order chi connectivity index (χ0) is 16.9. The smallest absolute Gasteiger partial charge is 0.407 e. The third-order valence-corrected chi connectivity index (χ3v) is 3.38. The van der Waals surface area contributed by atoms with Gasteiger partial charge in [0.25, 0.3) is 0 Å². The first-order valence-electron chi connectivity index (χ1n) is 7.58. The fourth-order valence-corrected chi connectivity index (χ4v) is 2.43. The molecule has 1 aliphatic heterocycles. The third-order valence-electron chi connectivity index (χ3n) is 3.38. The van der Waals surface area contributed by atoms with Crippen molar-refractivity contribution < 1.29 is 24.2 Å². The molecule has 0 aromatic heterocycles. The molecule has 1 heterocycles. The van der Waals surface area contributed by atoms with E-state index in [0.29, 0.717) is 6.54 Å². The Bertz CT molecular complexity index is 430. The summed E-state index contributed by atoms with van der Waals surface area (Å²) in [6.45, 7) is 7.84. The summed E-state index contributed by atoms with van der Waals surface area (Å²) in [6.07, 6.45) is 0.811. The van der Waals surface area contributed by atoms with Crippen molar-refractivity contribution in [1.29, 1.82) is 0 Å². The molecule has 0 saturated carbocycles. The molecular formula is C15H26N2O5. The summed E-state index contributed by atoms with van der Waals surface area (Å²) in [5.41, 5.74) is -0.659. The van der Waals surface area contributed by atoms with Gasteiger partial charge in [0.15, 0.2) is 0 Å². The molecule has 22 heavy (non-hydrogen) atoms. The van der Waals surface area contributed by atoms with Crippen LogP contribution in [-0.4, -0.2) is 52.7 Å². The Labute approximate surface area is 131 Å². The topological polar surface area (TPSA) is 95.9 Å². The number of carbonyl (C=O) groups is 3. The number of hydrogen-bond acceptors (Lipinski definition) is 4. The predicted molar refractivity (Wildman–Crippen MR) is 80.4 cm³/mol. The highest BCUT2D eigenvalue weighted by atomic mass is 16.6. The maximum Gasteiger partial charge on any atom is 0.407 e. The van der Waals surface area contributed by atoms with E-state index in [2.05, 4.69) is 5.32 Å². The Kier molecular flexibility index (Phi) is 6.20. The molecule has 0 spiro atoms. The van der Waals surface area contributed by atoms with Gasteiger partial charge < -0.3 is 20.1 Å². The Hall–Kier alpha value is -1.79. The fourth-order valence-electron chi connectivity index (χ4n) is 2.43. The van der Waals surface area contributed by atoms with Gasteiger partial charge in [0.2, 0.25) is 5.91 Å². The minimum absolute atomic E-state index is 0.00706. The second kappa shape index (κ2) is 7.47. The van der Waals surface area contributed by atoms with E-state index in [0.717, 1.165) is 12.8 Å². The summed E-state index contributed by atoms with van der Waals surface area (Å²) in [5.74, 6) is -1.08. The molecule has 0 aromatic rings. The van der Waals surface area contributed by atoms with Gasteiger partial charge in [-0.15, -0.1) is 0 Å². The van der Waals surface area contributed by atoms with Crippen LogP contribution in [-0.2, 0) is 14.3 Å². The molecule has 0 aliphatic carbocycles. The van der Waals surface area contributed by atoms with E-state index < -0.39 is 23.7 Å². The molecule has 1 aliphatic rings. The summed E-state index contributed by atoms with van der Waals surface area (Å²) in [5, 5.41) is 11.5. The number of nitrogens with zero attached hydrogens (tertiary/aromatic N) is 1. The van der Waals surface area contributed by atoms with Gasteiger partial charge >= 0.3 is 12.1 Å². The van der Waals surface area contributed by atoms with Crippen LogP contribution in [0.4, 0.5) is 4.79 Å². The summed E-state index contributed by atoms with van der Waals surface area (Å²) in [7, 11) is 0. The number of ether oxygens (including phenoxy) is 1. The molecule has 1 rings (SSSR count). The first-order chi connectivity index (χ1) is 10.1. The van der Waals surface area contributed by atoms with Crippen LogP contribution < -0.4 is 5.32 Å². The van der Waals surface area contributed by atoms with E-state index in [9.17, 15) is 14.4 Å². The molecule has 0 aromatic carbocycles. The van der Waals surface area contributed by atoms with Crippen molar-refractivity contribution in [2.24, 2.45) is 5.92 Å². The Morgan fingerprint density at radius 3 is 2.64 bits per heavy atom. The number of aliphatic carboxylic acids is 1. The molecule has 126 valence electrons. The number of carboxylic acid groups (broad SMARTS) is 1. The first kappa shape index (κ1) is 18.3. The van der Waals surface area contributed by atoms with Crippen LogP contribution >= 0.6 is 0 Å². The van der Waals surface area contributed by atoms with Gasteiger partial charge in [-0.1, -0.05) is 6.92 Å². The van der Waals surface area contributed by atoms with Crippen molar-refractivity contribution in [2.45, 2.75) is 58.6 Å². The SMILES string of the molecule is C[C@@H]1CCCN(C[C@H](CC(=O)O)NC(=O)OC(C)(C)C)C1=O. The standard InChI is InChI=1S/C15H26N2O5/c1-10-6-5-7-17(13(10)20)9-11(8-12(18)19)16-14(21)22-15(2,3)4/h10-11H,5-9H2,1-4H3,(H,16,21)(H,18,19)/t10-,11+/m1/s1. The van der Waals surface area contributed by atoms with E-state index >= 15 is 0 Å². The Balaban J connectivity index is 2.66. The monoisotopic (exact) mass is 314 g/mol. The van der Waals surface area contributed by atoms with Gasteiger partial charge in [0.05, 0.1) is 12.5 Å². The quantitative estimate of drug-likeness (QED) is 0.804. The lowest BCUT2D eigenvalue weighted by atomic mass is 9.98. The summed E-state index contributed by atoms with van der Waals surface area (Å²) in [6, 6.07) is -0.665. The van der Waals surface area contributed by atoms with Gasteiger partial charge in [-0.3, -0.25) is 9.59 Å². The molecule has 0 unspecified atom stereocenters. The number of likely N-dealkylation sites (tertiary alicyclic amines) is 1. The highest BCUT2D eigenvalue weighted by Crippen LogP contribution is 2.18. The van der Waals surface area contributed by atoms with Gasteiger partial charge in [0.1, 0.15) is 5.60 Å². The van der Waals surface area contributed by atoms with Crippen LogP contribution in [0.5, 0.6) is 0 Å². The number of carboxylic acids is 1. The normalized spacial score (nSPS) is 20.5. The molecule has 1 saturated heterocycles. The van der Waals surface area contributed by atoms with Gasteiger partial charge in [-0.2, -0.15) is 0 Å². The van der Waals surface area contributed by atoms with Crippen LogP contribution in [0.1, 0.15) is 47.0 Å². The average Bonchev–Trinajstić information content (AvgIpc) is 2.31. The highest BCUT2D eigenvalue weighted by molar-refractivity contribution is 5.79. The molecule has 2 amide bonds.